The Kier molecular flexibility index (Phi) is 5.16. The Bertz CT molecular complexity index is 659. The van der Waals surface area contributed by atoms with Gasteiger partial charge in [0, 0.05) is 51.9 Å². The summed E-state index contributed by atoms with van der Waals surface area (Å²) in [5.74, 6) is 0. The van der Waals surface area contributed by atoms with Gasteiger partial charge in [-0.25, -0.2) is 0 Å². The van der Waals surface area contributed by atoms with Gasteiger partial charge in [0.05, 0.1) is 0 Å². The van der Waals surface area contributed by atoms with Crippen LogP contribution in [0.4, 0.5) is 0 Å². The van der Waals surface area contributed by atoms with E-state index in [-0.39, 0.29) is 0 Å². The Labute approximate surface area is 151 Å². The van der Waals surface area contributed by atoms with Gasteiger partial charge in [0.15, 0.2) is 0 Å². The summed E-state index contributed by atoms with van der Waals surface area (Å²) in [4.78, 5) is 7.77. The van der Waals surface area contributed by atoms with E-state index < -0.39 is 0 Å². The van der Waals surface area contributed by atoms with E-state index >= 15 is 0 Å². The SMILES string of the molecule is CN1CCN([C@@H]2CCN(Cc3ccc(-c4ccccc4)cc3)C2)CC1. The summed E-state index contributed by atoms with van der Waals surface area (Å²) in [7, 11) is 2.23. The van der Waals surface area contributed by atoms with Crippen molar-refractivity contribution in [2.24, 2.45) is 0 Å². The third kappa shape index (κ3) is 4.12. The third-order valence-corrected chi connectivity index (χ3v) is 5.77. The number of piperazine rings is 1. The van der Waals surface area contributed by atoms with Crippen LogP contribution in [0.15, 0.2) is 54.6 Å². The number of hydrogen-bond donors (Lipinski definition) is 0. The van der Waals surface area contributed by atoms with Crippen molar-refractivity contribution in [3.63, 3.8) is 0 Å². The van der Waals surface area contributed by atoms with Crippen LogP contribution in [0.1, 0.15) is 12.0 Å². The predicted octanol–water partition coefficient (Wildman–Crippen LogP) is 3.18. The van der Waals surface area contributed by atoms with Crippen LogP contribution in [0.3, 0.4) is 0 Å². The molecule has 2 fully saturated rings. The number of nitrogens with zero attached hydrogens (tertiary/aromatic N) is 3. The monoisotopic (exact) mass is 335 g/mol. The first kappa shape index (κ1) is 16.8. The van der Waals surface area contributed by atoms with Crippen LogP contribution in [0.25, 0.3) is 11.1 Å². The van der Waals surface area contributed by atoms with E-state index in [0.717, 1.165) is 12.6 Å². The van der Waals surface area contributed by atoms with E-state index in [1.807, 2.05) is 0 Å². The molecule has 0 aliphatic carbocycles. The van der Waals surface area contributed by atoms with E-state index in [9.17, 15) is 0 Å². The lowest BCUT2D eigenvalue weighted by atomic mass is 10.0. The van der Waals surface area contributed by atoms with E-state index in [1.165, 1.54) is 62.4 Å². The van der Waals surface area contributed by atoms with Crippen LogP contribution in [0.2, 0.25) is 0 Å². The second-order valence-electron chi connectivity index (χ2n) is 7.58. The van der Waals surface area contributed by atoms with Gasteiger partial charge in [-0.05, 0) is 30.2 Å². The summed E-state index contributed by atoms with van der Waals surface area (Å²) in [5, 5.41) is 0. The Morgan fingerprint density at radius 3 is 2.20 bits per heavy atom. The normalized spacial score (nSPS) is 23.2. The van der Waals surface area contributed by atoms with Crippen molar-refractivity contribution >= 4 is 0 Å². The number of benzene rings is 2. The molecule has 2 aliphatic heterocycles. The molecule has 2 aliphatic rings. The van der Waals surface area contributed by atoms with Crippen LogP contribution in [-0.2, 0) is 6.54 Å². The predicted molar refractivity (Wildman–Crippen MR) is 105 cm³/mol. The van der Waals surface area contributed by atoms with Gasteiger partial charge >= 0.3 is 0 Å². The smallest absolute Gasteiger partial charge is 0.0236 e. The van der Waals surface area contributed by atoms with Crippen molar-refractivity contribution in [1.29, 1.82) is 0 Å². The van der Waals surface area contributed by atoms with Crippen molar-refractivity contribution in [2.75, 3.05) is 46.3 Å². The molecule has 3 nitrogen and oxygen atoms in total. The summed E-state index contributed by atoms with van der Waals surface area (Å²) in [6.45, 7) is 8.46. The van der Waals surface area contributed by atoms with Gasteiger partial charge in [-0.3, -0.25) is 9.80 Å². The van der Waals surface area contributed by atoms with Crippen LogP contribution >= 0.6 is 0 Å². The molecule has 1 atom stereocenters. The molecule has 0 radical (unpaired) electrons. The zero-order valence-electron chi connectivity index (χ0n) is 15.3. The molecular weight excluding hydrogens is 306 g/mol. The zero-order chi connectivity index (χ0) is 17.1. The summed E-state index contributed by atoms with van der Waals surface area (Å²) in [6.07, 6.45) is 1.33. The summed E-state index contributed by atoms with van der Waals surface area (Å²) >= 11 is 0. The first-order valence-electron chi connectivity index (χ1n) is 9.57. The van der Waals surface area contributed by atoms with Crippen molar-refractivity contribution in [2.45, 2.75) is 19.0 Å². The first-order valence-corrected chi connectivity index (χ1v) is 9.57. The van der Waals surface area contributed by atoms with Crippen molar-refractivity contribution in [1.82, 2.24) is 14.7 Å². The molecule has 0 spiro atoms. The Morgan fingerprint density at radius 2 is 1.48 bits per heavy atom. The van der Waals surface area contributed by atoms with Crippen LogP contribution < -0.4 is 0 Å². The highest BCUT2D eigenvalue weighted by Gasteiger charge is 2.29. The van der Waals surface area contributed by atoms with Gasteiger partial charge in [-0.1, -0.05) is 54.6 Å². The van der Waals surface area contributed by atoms with Crippen LogP contribution in [-0.4, -0.2) is 67.1 Å². The van der Waals surface area contributed by atoms with Crippen molar-refractivity contribution < 1.29 is 0 Å². The van der Waals surface area contributed by atoms with Gasteiger partial charge in [0.25, 0.3) is 0 Å². The maximum atomic E-state index is 2.71. The standard InChI is InChI=1S/C22H29N3/c1-23-13-15-25(16-14-23)22-11-12-24(18-22)17-19-7-9-21(10-8-19)20-5-3-2-4-6-20/h2-10,22H,11-18H2,1H3/t22-/m1/s1. The van der Waals surface area contributed by atoms with Gasteiger partial charge in [-0.2, -0.15) is 0 Å². The summed E-state index contributed by atoms with van der Waals surface area (Å²) in [5.41, 5.74) is 4.03. The quantitative estimate of drug-likeness (QED) is 0.850. The molecule has 4 rings (SSSR count). The molecule has 2 aromatic rings. The van der Waals surface area contributed by atoms with E-state index in [0.29, 0.717) is 0 Å². The lowest BCUT2D eigenvalue weighted by Crippen LogP contribution is -2.49. The maximum Gasteiger partial charge on any atom is 0.0236 e. The number of hydrogen-bond acceptors (Lipinski definition) is 3. The summed E-state index contributed by atoms with van der Waals surface area (Å²) < 4.78 is 0. The molecule has 0 saturated carbocycles. The molecule has 25 heavy (non-hydrogen) atoms. The molecule has 132 valence electrons. The fourth-order valence-electron chi connectivity index (χ4n) is 4.13. The van der Waals surface area contributed by atoms with Gasteiger partial charge in [-0.15, -0.1) is 0 Å². The second-order valence-corrected chi connectivity index (χ2v) is 7.58. The average molecular weight is 335 g/mol. The number of likely N-dealkylation sites (tertiary alicyclic amines) is 1. The topological polar surface area (TPSA) is 9.72 Å². The molecule has 0 N–H and O–H groups in total. The van der Waals surface area contributed by atoms with Crippen molar-refractivity contribution in [3.05, 3.63) is 60.2 Å². The number of likely N-dealkylation sites (N-methyl/N-ethyl adjacent to an activating group) is 1. The molecule has 0 aromatic heterocycles. The molecule has 3 heteroatoms. The largest absolute Gasteiger partial charge is 0.304 e. The Balaban J connectivity index is 1.32. The minimum atomic E-state index is 0.761. The average Bonchev–Trinajstić information content (AvgIpc) is 3.12. The van der Waals surface area contributed by atoms with Crippen LogP contribution in [0, 0.1) is 0 Å². The molecule has 2 aromatic carbocycles. The van der Waals surface area contributed by atoms with E-state index in [1.54, 1.807) is 0 Å². The number of rotatable bonds is 4. The minimum Gasteiger partial charge on any atom is -0.304 e. The van der Waals surface area contributed by atoms with Crippen LogP contribution in [0.5, 0.6) is 0 Å². The fourth-order valence-corrected chi connectivity index (χ4v) is 4.13. The van der Waals surface area contributed by atoms with E-state index in [2.05, 4.69) is 76.3 Å². The zero-order valence-corrected chi connectivity index (χ0v) is 15.3. The highest BCUT2D eigenvalue weighted by atomic mass is 15.3. The molecule has 0 amide bonds. The molecular formula is C22H29N3. The highest BCUT2D eigenvalue weighted by Crippen LogP contribution is 2.22. The second kappa shape index (κ2) is 7.69. The molecule has 2 saturated heterocycles. The Hall–Kier alpha value is -1.68. The van der Waals surface area contributed by atoms with Gasteiger partial charge in [0.1, 0.15) is 0 Å². The fraction of sp³-hybridized carbons (Fsp3) is 0.455. The lowest BCUT2D eigenvalue weighted by molar-refractivity contribution is 0.112. The highest BCUT2D eigenvalue weighted by molar-refractivity contribution is 5.63. The lowest BCUT2D eigenvalue weighted by Gasteiger charge is -2.36. The van der Waals surface area contributed by atoms with Gasteiger partial charge < -0.3 is 4.90 Å². The summed E-state index contributed by atoms with van der Waals surface area (Å²) in [6, 6.07) is 20.5. The minimum absolute atomic E-state index is 0.761. The van der Waals surface area contributed by atoms with Crippen molar-refractivity contribution in [3.8, 4) is 11.1 Å². The third-order valence-electron chi connectivity index (χ3n) is 5.77. The Morgan fingerprint density at radius 1 is 0.800 bits per heavy atom. The molecule has 0 unspecified atom stereocenters. The van der Waals surface area contributed by atoms with E-state index in [4.69, 9.17) is 0 Å². The molecule has 0 bridgehead atoms. The maximum absolute atomic E-state index is 2.71. The van der Waals surface area contributed by atoms with Gasteiger partial charge in [0.2, 0.25) is 0 Å². The molecule has 2 heterocycles. The first-order chi connectivity index (χ1) is 12.3.